The van der Waals surface area contributed by atoms with Gasteiger partial charge in [-0.2, -0.15) is 0 Å². The van der Waals surface area contributed by atoms with Crippen molar-refractivity contribution < 1.29 is 33.7 Å². The number of carboxylic acids is 1. The number of nitrogens with zero attached hydrogens (tertiary/aromatic N) is 1. The first-order chi connectivity index (χ1) is 15.8. The van der Waals surface area contributed by atoms with Gasteiger partial charge in [0, 0.05) is 18.5 Å². The molecule has 1 amide bonds. The Balaban J connectivity index is 1.96. The molecule has 0 aliphatic carbocycles. The van der Waals surface area contributed by atoms with Crippen LogP contribution in [0.4, 0.5) is 4.39 Å². The van der Waals surface area contributed by atoms with Gasteiger partial charge in [-0.25, -0.2) is 4.39 Å². The largest absolute Gasteiger partial charge is 0.507 e. The molecular weight excluding hydrogens is 429 g/mol. The molecule has 8 heteroatoms. The number of carbonyl (C=O) groups excluding carboxylic acids is 2. The lowest BCUT2D eigenvalue weighted by atomic mass is 9.95. The zero-order chi connectivity index (χ0) is 24.0. The Morgan fingerprint density at radius 3 is 2.27 bits per heavy atom. The lowest BCUT2D eigenvalue weighted by Crippen LogP contribution is -2.30. The number of aliphatic hydroxyl groups is 1. The first kappa shape index (κ1) is 24.0. The normalized spacial score (nSPS) is 17.4. The Labute approximate surface area is 191 Å². The number of ether oxygens (including phenoxy) is 1. The van der Waals surface area contributed by atoms with Crippen molar-refractivity contribution >= 4 is 23.4 Å². The maximum absolute atomic E-state index is 13.3. The number of amides is 1. The Bertz CT molecular complexity index is 1050. The predicted molar refractivity (Wildman–Crippen MR) is 119 cm³/mol. The van der Waals surface area contributed by atoms with Gasteiger partial charge >= 0.3 is 5.97 Å². The number of hydrogen-bond donors (Lipinski definition) is 2. The van der Waals surface area contributed by atoms with Crippen molar-refractivity contribution in [3.05, 3.63) is 71.0 Å². The van der Waals surface area contributed by atoms with Crippen LogP contribution in [0.5, 0.6) is 5.75 Å². The van der Waals surface area contributed by atoms with Crippen molar-refractivity contribution in [2.45, 2.75) is 38.6 Å². The van der Waals surface area contributed by atoms with Crippen LogP contribution in [0.3, 0.4) is 0 Å². The molecule has 0 radical (unpaired) electrons. The summed E-state index contributed by atoms with van der Waals surface area (Å²) in [5.74, 6) is -2.68. The molecule has 1 aliphatic heterocycles. The fourth-order valence-electron chi connectivity index (χ4n) is 3.87. The molecule has 0 saturated carbocycles. The number of rotatable bonds is 10. The van der Waals surface area contributed by atoms with Crippen LogP contribution < -0.4 is 4.74 Å². The second-order valence-electron chi connectivity index (χ2n) is 7.71. The summed E-state index contributed by atoms with van der Waals surface area (Å²) in [5.41, 5.74) is 0.778. The fourth-order valence-corrected chi connectivity index (χ4v) is 3.87. The molecule has 2 N–H and O–H groups in total. The molecule has 7 nitrogen and oxygen atoms in total. The van der Waals surface area contributed by atoms with Crippen molar-refractivity contribution in [2.75, 3.05) is 13.2 Å². The summed E-state index contributed by atoms with van der Waals surface area (Å²) in [6.45, 7) is 2.57. The minimum atomic E-state index is -0.885. The molecule has 0 unspecified atom stereocenters. The average molecular weight is 455 g/mol. The Hall–Kier alpha value is -3.68. The molecule has 33 heavy (non-hydrogen) atoms. The molecule has 1 aliphatic rings. The SMILES string of the molecule is CCOc1ccc([C@H]2C(=C(O)c3ccc(F)cc3)C(=O)C(=O)N2CCCCCC(=O)O)cc1. The Morgan fingerprint density at radius 2 is 1.67 bits per heavy atom. The van der Waals surface area contributed by atoms with Crippen molar-refractivity contribution in [1.29, 1.82) is 0 Å². The molecule has 174 valence electrons. The first-order valence-corrected chi connectivity index (χ1v) is 10.8. The zero-order valence-corrected chi connectivity index (χ0v) is 18.3. The molecule has 0 bridgehead atoms. The summed E-state index contributed by atoms with van der Waals surface area (Å²) in [6.07, 6.45) is 1.57. The van der Waals surface area contributed by atoms with Gasteiger partial charge in [-0.15, -0.1) is 0 Å². The van der Waals surface area contributed by atoms with E-state index in [1.807, 2.05) is 6.92 Å². The quantitative estimate of drug-likeness (QED) is 0.240. The summed E-state index contributed by atoms with van der Waals surface area (Å²) in [4.78, 5) is 37.9. The van der Waals surface area contributed by atoms with Gasteiger partial charge in [0.25, 0.3) is 11.7 Å². The van der Waals surface area contributed by atoms with Crippen LogP contribution in [0.15, 0.2) is 54.1 Å². The highest BCUT2D eigenvalue weighted by Gasteiger charge is 2.45. The lowest BCUT2D eigenvalue weighted by molar-refractivity contribution is -0.140. The lowest BCUT2D eigenvalue weighted by Gasteiger charge is -2.25. The summed E-state index contributed by atoms with van der Waals surface area (Å²) >= 11 is 0. The Kier molecular flexibility index (Phi) is 7.82. The molecule has 0 spiro atoms. The van der Waals surface area contributed by atoms with Gasteiger partial charge in [-0.3, -0.25) is 14.4 Å². The highest BCUT2D eigenvalue weighted by Crippen LogP contribution is 2.40. The minimum Gasteiger partial charge on any atom is -0.507 e. The third-order valence-corrected chi connectivity index (χ3v) is 5.45. The smallest absolute Gasteiger partial charge is 0.303 e. The summed E-state index contributed by atoms with van der Waals surface area (Å²) in [6, 6.07) is 11.1. The second-order valence-corrected chi connectivity index (χ2v) is 7.71. The van der Waals surface area contributed by atoms with E-state index in [2.05, 4.69) is 0 Å². The molecule has 1 heterocycles. The van der Waals surface area contributed by atoms with E-state index in [0.29, 0.717) is 37.2 Å². The average Bonchev–Trinajstić information content (AvgIpc) is 3.04. The third-order valence-electron chi connectivity index (χ3n) is 5.45. The van der Waals surface area contributed by atoms with Gasteiger partial charge in [0.2, 0.25) is 0 Å². The number of unbranched alkanes of at least 4 members (excludes halogenated alkanes) is 2. The van der Waals surface area contributed by atoms with E-state index >= 15 is 0 Å². The number of halogens is 1. The molecule has 0 aromatic heterocycles. The predicted octanol–water partition coefficient (Wildman–Crippen LogP) is 4.29. The number of benzene rings is 2. The summed E-state index contributed by atoms with van der Waals surface area (Å²) in [5, 5.41) is 19.7. The van der Waals surface area contributed by atoms with Gasteiger partial charge in [-0.05, 0) is 61.7 Å². The Morgan fingerprint density at radius 1 is 1.00 bits per heavy atom. The van der Waals surface area contributed by atoms with Gasteiger partial charge in [0.15, 0.2) is 0 Å². The highest BCUT2D eigenvalue weighted by molar-refractivity contribution is 6.46. The van der Waals surface area contributed by atoms with Crippen LogP contribution in [-0.2, 0) is 14.4 Å². The topological polar surface area (TPSA) is 104 Å². The van der Waals surface area contributed by atoms with Gasteiger partial charge < -0.3 is 19.8 Å². The van der Waals surface area contributed by atoms with E-state index in [9.17, 15) is 23.9 Å². The van der Waals surface area contributed by atoms with Crippen LogP contribution in [0.25, 0.3) is 5.76 Å². The number of likely N-dealkylation sites (tertiary alicyclic amines) is 1. The van der Waals surface area contributed by atoms with E-state index in [1.54, 1.807) is 24.3 Å². The third kappa shape index (κ3) is 5.58. The van der Waals surface area contributed by atoms with Crippen LogP contribution >= 0.6 is 0 Å². The number of aliphatic hydroxyl groups excluding tert-OH is 1. The van der Waals surface area contributed by atoms with Crippen molar-refractivity contribution in [2.24, 2.45) is 0 Å². The molecule has 2 aromatic rings. The van der Waals surface area contributed by atoms with E-state index in [4.69, 9.17) is 9.84 Å². The zero-order valence-electron chi connectivity index (χ0n) is 18.3. The molecule has 1 saturated heterocycles. The van der Waals surface area contributed by atoms with Gasteiger partial charge in [0.1, 0.15) is 17.3 Å². The molecular formula is C25H26FNO6. The maximum atomic E-state index is 13.3. The van der Waals surface area contributed by atoms with Crippen LogP contribution in [0.1, 0.15) is 49.8 Å². The number of Topliss-reactive ketones (excluding diaryl/α,β-unsaturated/α-hetero) is 1. The fraction of sp³-hybridized carbons (Fsp3) is 0.320. The van der Waals surface area contributed by atoms with E-state index in [0.717, 1.165) is 0 Å². The molecule has 1 atom stereocenters. The molecule has 1 fully saturated rings. The molecule has 2 aromatic carbocycles. The highest BCUT2D eigenvalue weighted by atomic mass is 19.1. The standard InChI is InChI=1S/C25H26FNO6/c1-2-33-19-13-9-16(10-14-19)22-21(23(30)17-7-11-18(26)12-8-17)24(31)25(32)27(22)15-5-3-4-6-20(28)29/h7-14,22,30H,2-6,15H2,1H3,(H,28,29)/t22-/m0/s1. The van der Waals surface area contributed by atoms with Crippen LogP contribution in [0.2, 0.25) is 0 Å². The summed E-state index contributed by atoms with van der Waals surface area (Å²) in [7, 11) is 0. The van der Waals surface area contributed by atoms with Crippen molar-refractivity contribution in [3.8, 4) is 5.75 Å². The minimum absolute atomic E-state index is 0.0334. The van der Waals surface area contributed by atoms with Gasteiger partial charge in [0.05, 0.1) is 18.2 Å². The molecule has 3 rings (SSSR count). The summed E-state index contributed by atoms with van der Waals surface area (Å²) < 4.78 is 18.8. The van der Waals surface area contributed by atoms with E-state index in [1.165, 1.54) is 29.2 Å². The maximum Gasteiger partial charge on any atom is 0.303 e. The van der Waals surface area contributed by atoms with E-state index < -0.39 is 29.5 Å². The van der Waals surface area contributed by atoms with E-state index in [-0.39, 0.29) is 29.9 Å². The second kappa shape index (κ2) is 10.8. The van der Waals surface area contributed by atoms with Crippen molar-refractivity contribution in [3.63, 3.8) is 0 Å². The van der Waals surface area contributed by atoms with Gasteiger partial charge in [-0.1, -0.05) is 18.6 Å². The van der Waals surface area contributed by atoms with Crippen molar-refractivity contribution in [1.82, 2.24) is 4.90 Å². The number of carboxylic acid groups (broad SMARTS) is 1. The number of aliphatic carboxylic acids is 1. The van der Waals surface area contributed by atoms with Crippen LogP contribution in [0, 0.1) is 5.82 Å². The monoisotopic (exact) mass is 455 g/mol. The van der Waals surface area contributed by atoms with Crippen LogP contribution in [-0.4, -0.2) is 45.9 Å². The number of hydrogen-bond acceptors (Lipinski definition) is 5. The number of carbonyl (C=O) groups is 3. The first-order valence-electron chi connectivity index (χ1n) is 10.8. The number of ketones is 1.